The first-order valence-electron chi connectivity index (χ1n) is 6.17. The topological polar surface area (TPSA) is 46.3 Å². The molecule has 3 heterocycles. The maximum Gasteiger partial charge on any atom is 0.264 e. The van der Waals surface area contributed by atoms with Gasteiger partial charge in [0.05, 0.1) is 4.88 Å². The lowest BCUT2D eigenvalue weighted by molar-refractivity contribution is 0.0791. The maximum absolute atomic E-state index is 12.4. The predicted molar refractivity (Wildman–Crippen MR) is 77.4 cm³/mol. The third kappa shape index (κ3) is 2.06. The normalized spacial score (nSPS) is 21.7. The molecule has 2 atom stereocenters. The van der Waals surface area contributed by atoms with E-state index in [1.54, 1.807) is 22.7 Å². The Kier molecular flexibility index (Phi) is 3.13. The highest BCUT2D eigenvalue weighted by Gasteiger charge is 2.29. The van der Waals surface area contributed by atoms with Crippen molar-refractivity contribution in [1.29, 1.82) is 0 Å². The molecular formula is C13H16N2OS2. The van der Waals surface area contributed by atoms with Crippen molar-refractivity contribution in [1.82, 2.24) is 4.90 Å². The van der Waals surface area contributed by atoms with Gasteiger partial charge in [0.25, 0.3) is 5.91 Å². The summed E-state index contributed by atoms with van der Waals surface area (Å²) in [6, 6.07) is 4.28. The molecule has 2 unspecified atom stereocenters. The van der Waals surface area contributed by atoms with E-state index in [2.05, 4.69) is 11.4 Å². The van der Waals surface area contributed by atoms with Crippen LogP contribution in [-0.4, -0.2) is 29.9 Å². The van der Waals surface area contributed by atoms with E-state index in [1.807, 2.05) is 17.9 Å². The number of amides is 1. The van der Waals surface area contributed by atoms with Gasteiger partial charge in [-0.3, -0.25) is 4.79 Å². The molecule has 1 saturated heterocycles. The lowest BCUT2D eigenvalue weighted by Gasteiger charge is -2.17. The second kappa shape index (κ2) is 4.64. The van der Waals surface area contributed by atoms with Crippen LogP contribution in [0.15, 0.2) is 17.5 Å². The first-order chi connectivity index (χ1) is 8.65. The Labute approximate surface area is 114 Å². The minimum atomic E-state index is 0.173. The van der Waals surface area contributed by atoms with Gasteiger partial charge in [0.1, 0.15) is 0 Å². The molecule has 1 aliphatic heterocycles. The van der Waals surface area contributed by atoms with Gasteiger partial charge in [-0.1, -0.05) is 0 Å². The van der Waals surface area contributed by atoms with Gasteiger partial charge in [-0.25, -0.2) is 0 Å². The number of fused-ring (bicyclic) bond motifs is 1. The first kappa shape index (κ1) is 12.1. The SMILES string of the molecule is CC(N)C1CCN(C(=O)c2cc3sccc3s2)C1. The molecule has 0 aliphatic carbocycles. The highest BCUT2D eigenvalue weighted by atomic mass is 32.1. The molecule has 0 saturated carbocycles. The molecule has 0 spiro atoms. The van der Waals surface area contributed by atoms with E-state index < -0.39 is 0 Å². The smallest absolute Gasteiger partial charge is 0.264 e. The Bertz CT molecular complexity index is 544. The quantitative estimate of drug-likeness (QED) is 0.919. The minimum absolute atomic E-state index is 0.173. The molecule has 1 amide bonds. The first-order valence-corrected chi connectivity index (χ1v) is 7.86. The van der Waals surface area contributed by atoms with Crippen LogP contribution in [0.5, 0.6) is 0 Å². The summed E-state index contributed by atoms with van der Waals surface area (Å²) in [7, 11) is 0. The van der Waals surface area contributed by atoms with Crippen LogP contribution in [0.2, 0.25) is 0 Å². The molecule has 0 bridgehead atoms. The zero-order valence-corrected chi connectivity index (χ0v) is 11.9. The summed E-state index contributed by atoms with van der Waals surface area (Å²) >= 11 is 3.29. The summed E-state index contributed by atoms with van der Waals surface area (Å²) in [6.07, 6.45) is 1.03. The van der Waals surface area contributed by atoms with Gasteiger partial charge in [0, 0.05) is 28.5 Å². The summed E-state index contributed by atoms with van der Waals surface area (Å²) in [5.74, 6) is 0.626. The minimum Gasteiger partial charge on any atom is -0.338 e. The molecule has 96 valence electrons. The van der Waals surface area contributed by atoms with Gasteiger partial charge in [-0.2, -0.15) is 0 Å². The van der Waals surface area contributed by atoms with Gasteiger partial charge in [0.15, 0.2) is 0 Å². The van der Waals surface area contributed by atoms with E-state index in [0.29, 0.717) is 5.92 Å². The van der Waals surface area contributed by atoms with Gasteiger partial charge in [0.2, 0.25) is 0 Å². The summed E-state index contributed by atoms with van der Waals surface area (Å²) < 4.78 is 2.43. The Morgan fingerprint density at radius 2 is 2.39 bits per heavy atom. The number of nitrogens with zero attached hydrogens (tertiary/aromatic N) is 1. The van der Waals surface area contributed by atoms with E-state index >= 15 is 0 Å². The standard InChI is InChI=1S/C13H16N2OS2/c1-8(14)9-2-4-15(7-9)13(16)12-6-11-10(18-12)3-5-17-11/h3,5-6,8-9H,2,4,7,14H2,1H3. The molecule has 2 aromatic rings. The molecule has 18 heavy (non-hydrogen) atoms. The molecule has 2 N–H and O–H groups in total. The zero-order valence-electron chi connectivity index (χ0n) is 10.3. The van der Waals surface area contributed by atoms with Crippen molar-refractivity contribution < 1.29 is 4.79 Å². The highest BCUT2D eigenvalue weighted by Crippen LogP contribution is 2.31. The summed E-state index contributed by atoms with van der Waals surface area (Å²) in [5, 5.41) is 2.07. The van der Waals surface area contributed by atoms with E-state index in [0.717, 1.165) is 24.4 Å². The van der Waals surface area contributed by atoms with Crippen LogP contribution in [0.4, 0.5) is 0 Å². The molecule has 3 nitrogen and oxygen atoms in total. The summed E-state index contributed by atoms with van der Waals surface area (Å²) in [4.78, 5) is 15.2. The van der Waals surface area contributed by atoms with Crippen LogP contribution in [0, 0.1) is 5.92 Å². The Balaban J connectivity index is 1.77. The number of hydrogen-bond donors (Lipinski definition) is 1. The molecule has 5 heteroatoms. The molecule has 0 radical (unpaired) electrons. The van der Waals surface area contributed by atoms with E-state index in [4.69, 9.17) is 5.73 Å². The Morgan fingerprint density at radius 1 is 1.56 bits per heavy atom. The third-order valence-electron chi connectivity index (χ3n) is 3.61. The number of hydrogen-bond acceptors (Lipinski definition) is 4. The lowest BCUT2D eigenvalue weighted by atomic mass is 10.0. The number of nitrogens with two attached hydrogens (primary N) is 1. The van der Waals surface area contributed by atoms with Crippen LogP contribution in [-0.2, 0) is 0 Å². The van der Waals surface area contributed by atoms with Crippen LogP contribution in [0.1, 0.15) is 23.0 Å². The second-order valence-electron chi connectivity index (χ2n) is 4.92. The fourth-order valence-electron chi connectivity index (χ4n) is 2.43. The van der Waals surface area contributed by atoms with Crippen LogP contribution in [0.3, 0.4) is 0 Å². The van der Waals surface area contributed by atoms with Crippen molar-refractivity contribution in [2.45, 2.75) is 19.4 Å². The number of carbonyl (C=O) groups is 1. The second-order valence-corrected chi connectivity index (χ2v) is 6.95. The van der Waals surface area contributed by atoms with Gasteiger partial charge in [-0.05, 0) is 36.8 Å². The van der Waals surface area contributed by atoms with Crippen molar-refractivity contribution >= 4 is 38.0 Å². The summed E-state index contributed by atoms with van der Waals surface area (Å²) in [6.45, 7) is 3.68. The van der Waals surface area contributed by atoms with Gasteiger partial charge < -0.3 is 10.6 Å². The van der Waals surface area contributed by atoms with Gasteiger partial charge in [-0.15, -0.1) is 22.7 Å². The van der Waals surface area contributed by atoms with E-state index in [-0.39, 0.29) is 11.9 Å². The Morgan fingerprint density at radius 3 is 3.06 bits per heavy atom. The van der Waals surface area contributed by atoms with E-state index in [9.17, 15) is 4.79 Å². The van der Waals surface area contributed by atoms with Crippen LogP contribution in [0.25, 0.3) is 9.40 Å². The number of likely N-dealkylation sites (tertiary alicyclic amines) is 1. The Hall–Kier alpha value is -0.910. The molecule has 3 rings (SSSR count). The molecule has 2 aromatic heterocycles. The zero-order chi connectivity index (χ0) is 12.7. The lowest BCUT2D eigenvalue weighted by Crippen LogP contribution is -2.32. The van der Waals surface area contributed by atoms with Crippen molar-refractivity contribution in [3.8, 4) is 0 Å². The summed E-state index contributed by atoms with van der Waals surface area (Å²) in [5.41, 5.74) is 5.91. The average Bonchev–Trinajstić information content (AvgIpc) is 3.02. The fraction of sp³-hybridized carbons (Fsp3) is 0.462. The fourth-order valence-corrected chi connectivity index (χ4v) is 4.50. The van der Waals surface area contributed by atoms with Crippen molar-refractivity contribution in [3.63, 3.8) is 0 Å². The van der Waals surface area contributed by atoms with Crippen molar-refractivity contribution in [2.24, 2.45) is 11.7 Å². The highest BCUT2D eigenvalue weighted by molar-refractivity contribution is 7.27. The van der Waals surface area contributed by atoms with Crippen molar-refractivity contribution in [2.75, 3.05) is 13.1 Å². The molecule has 0 aromatic carbocycles. The monoisotopic (exact) mass is 280 g/mol. The van der Waals surface area contributed by atoms with E-state index in [1.165, 1.54) is 9.40 Å². The average molecular weight is 280 g/mol. The molecule has 1 fully saturated rings. The van der Waals surface area contributed by atoms with Crippen molar-refractivity contribution in [3.05, 3.63) is 22.4 Å². The predicted octanol–water partition coefficient (Wildman–Crippen LogP) is 2.77. The molecular weight excluding hydrogens is 264 g/mol. The van der Waals surface area contributed by atoms with Crippen LogP contribution < -0.4 is 5.73 Å². The largest absolute Gasteiger partial charge is 0.338 e. The number of carbonyl (C=O) groups excluding carboxylic acids is 1. The van der Waals surface area contributed by atoms with Gasteiger partial charge >= 0.3 is 0 Å². The van der Waals surface area contributed by atoms with Crippen LogP contribution >= 0.6 is 22.7 Å². The third-order valence-corrected chi connectivity index (χ3v) is 5.69. The number of rotatable bonds is 2. The maximum atomic E-state index is 12.4. The molecule has 1 aliphatic rings. The number of thiophene rings is 2.